The quantitative estimate of drug-likeness (QED) is 0.661. The molecule has 6 heteroatoms. The lowest BCUT2D eigenvalue weighted by molar-refractivity contribution is 0.0952. The molecule has 2 aromatic carbocycles. The van der Waals surface area contributed by atoms with Gasteiger partial charge in [0.15, 0.2) is 0 Å². The molecule has 1 amide bonds. The topological polar surface area (TPSA) is 75.3 Å². The highest BCUT2D eigenvalue weighted by molar-refractivity contribution is 7.89. The van der Waals surface area contributed by atoms with Crippen molar-refractivity contribution in [1.29, 1.82) is 0 Å². The van der Waals surface area contributed by atoms with Crippen molar-refractivity contribution < 1.29 is 13.2 Å². The van der Waals surface area contributed by atoms with Gasteiger partial charge in [0.25, 0.3) is 5.91 Å². The number of rotatable bonds is 9. The summed E-state index contributed by atoms with van der Waals surface area (Å²) >= 11 is 0. The van der Waals surface area contributed by atoms with E-state index in [0.29, 0.717) is 12.1 Å². The first-order valence-corrected chi connectivity index (χ1v) is 10.3. The molecule has 0 saturated carbocycles. The lowest BCUT2D eigenvalue weighted by Gasteiger charge is -2.11. The Morgan fingerprint density at radius 1 is 1.04 bits per heavy atom. The van der Waals surface area contributed by atoms with Crippen LogP contribution in [-0.2, 0) is 16.6 Å². The number of carbonyl (C=O) groups excluding carboxylic acids is 1. The second kappa shape index (κ2) is 9.50. The molecular weight excluding hydrogens is 348 g/mol. The second-order valence-electron chi connectivity index (χ2n) is 6.25. The molecule has 5 nitrogen and oxygen atoms in total. The molecule has 0 spiro atoms. The number of sulfonamides is 1. The van der Waals surface area contributed by atoms with Gasteiger partial charge in [0.05, 0.1) is 4.90 Å². The fourth-order valence-electron chi connectivity index (χ4n) is 2.54. The summed E-state index contributed by atoms with van der Waals surface area (Å²) in [5, 5.41) is 2.86. The van der Waals surface area contributed by atoms with Crippen molar-refractivity contribution in [1.82, 2.24) is 10.0 Å². The van der Waals surface area contributed by atoms with Crippen LogP contribution >= 0.6 is 0 Å². The second-order valence-corrected chi connectivity index (χ2v) is 8.02. The summed E-state index contributed by atoms with van der Waals surface area (Å²) in [5.74, 6) is -0.237. The fourth-order valence-corrected chi connectivity index (χ4v) is 3.59. The summed E-state index contributed by atoms with van der Waals surface area (Å²) in [6.07, 6.45) is 3.05. The molecule has 140 valence electrons. The van der Waals surface area contributed by atoms with E-state index in [-0.39, 0.29) is 17.3 Å². The minimum absolute atomic E-state index is 0.0951. The molecule has 0 radical (unpaired) electrons. The van der Waals surface area contributed by atoms with Gasteiger partial charge in [-0.05, 0) is 36.6 Å². The van der Waals surface area contributed by atoms with E-state index >= 15 is 0 Å². The van der Waals surface area contributed by atoms with Crippen LogP contribution in [0, 0.1) is 6.92 Å². The van der Waals surface area contributed by atoms with Crippen LogP contribution in [0.1, 0.15) is 47.7 Å². The summed E-state index contributed by atoms with van der Waals surface area (Å²) in [6.45, 7) is 4.70. The van der Waals surface area contributed by atoms with Crippen molar-refractivity contribution in [2.75, 3.05) is 6.54 Å². The van der Waals surface area contributed by atoms with Crippen LogP contribution in [0.3, 0.4) is 0 Å². The molecule has 2 rings (SSSR count). The van der Waals surface area contributed by atoms with Gasteiger partial charge in [0.2, 0.25) is 10.0 Å². The Morgan fingerprint density at radius 2 is 1.77 bits per heavy atom. The van der Waals surface area contributed by atoms with Crippen LogP contribution in [0.2, 0.25) is 0 Å². The molecule has 0 aliphatic heterocycles. The highest BCUT2D eigenvalue weighted by atomic mass is 32.2. The van der Waals surface area contributed by atoms with Crippen LogP contribution < -0.4 is 10.0 Å². The number of hydrogen-bond acceptors (Lipinski definition) is 3. The van der Waals surface area contributed by atoms with Crippen LogP contribution in [0.4, 0.5) is 0 Å². The molecule has 0 aliphatic rings. The first-order valence-electron chi connectivity index (χ1n) is 8.86. The minimum atomic E-state index is -3.69. The summed E-state index contributed by atoms with van der Waals surface area (Å²) in [6, 6.07) is 13.9. The van der Waals surface area contributed by atoms with Crippen LogP contribution in [-0.4, -0.2) is 20.9 Å². The molecular formula is C20H26N2O3S. The third-order valence-corrected chi connectivity index (χ3v) is 5.54. The lowest BCUT2D eigenvalue weighted by atomic mass is 10.1. The largest absolute Gasteiger partial charge is 0.352 e. The van der Waals surface area contributed by atoms with Gasteiger partial charge in [-0.2, -0.15) is 0 Å². The maximum atomic E-state index is 12.5. The predicted molar refractivity (Wildman–Crippen MR) is 104 cm³/mol. The Hall–Kier alpha value is -2.18. The van der Waals surface area contributed by atoms with Crippen molar-refractivity contribution in [3.63, 3.8) is 0 Å². The fraction of sp³-hybridized carbons (Fsp3) is 0.350. The highest BCUT2D eigenvalue weighted by Gasteiger charge is 2.17. The van der Waals surface area contributed by atoms with Gasteiger partial charge >= 0.3 is 0 Å². The van der Waals surface area contributed by atoms with Gasteiger partial charge in [-0.15, -0.1) is 0 Å². The number of hydrogen-bond donors (Lipinski definition) is 2. The van der Waals surface area contributed by atoms with E-state index in [4.69, 9.17) is 0 Å². The maximum absolute atomic E-state index is 12.5. The Bertz CT molecular complexity index is 833. The van der Waals surface area contributed by atoms with E-state index in [2.05, 4.69) is 17.0 Å². The van der Waals surface area contributed by atoms with Crippen LogP contribution in [0.15, 0.2) is 53.4 Å². The zero-order valence-electron chi connectivity index (χ0n) is 15.3. The number of benzene rings is 2. The van der Waals surface area contributed by atoms with Crippen LogP contribution in [0.5, 0.6) is 0 Å². The van der Waals surface area contributed by atoms with E-state index in [1.54, 1.807) is 13.0 Å². The Labute approximate surface area is 155 Å². The summed E-state index contributed by atoms with van der Waals surface area (Å²) in [7, 11) is -3.69. The molecule has 0 saturated heterocycles. The zero-order chi connectivity index (χ0) is 19.0. The third kappa shape index (κ3) is 5.68. The normalized spacial score (nSPS) is 11.3. The maximum Gasteiger partial charge on any atom is 0.251 e. The minimum Gasteiger partial charge on any atom is -0.352 e. The van der Waals surface area contributed by atoms with E-state index in [1.165, 1.54) is 12.1 Å². The Balaban J connectivity index is 2.10. The van der Waals surface area contributed by atoms with Crippen molar-refractivity contribution >= 4 is 15.9 Å². The Kier molecular flexibility index (Phi) is 7.36. The molecule has 0 fully saturated rings. The van der Waals surface area contributed by atoms with Crippen molar-refractivity contribution in [3.05, 3.63) is 65.2 Å². The molecule has 2 aromatic rings. The van der Waals surface area contributed by atoms with E-state index < -0.39 is 10.0 Å². The molecule has 0 bridgehead atoms. The SMILES string of the molecule is CCCCCNC(=O)c1cc(S(=O)(=O)NCc2ccccc2)ccc1C. The van der Waals surface area contributed by atoms with Gasteiger partial charge in [0.1, 0.15) is 0 Å². The van der Waals surface area contributed by atoms with Crippen molar-refractivity contribution in [2.45, 2.75) is 44.6 Å². The average molecular weight is 375 g/mol. The van der Waals surface area contributed by atoms with E-state index in [0.717, 1.165) is 30.4 Å². The smallest absolute Gasteiger partial charge is 0.251 e. The molecule has 0 atom stereocenters. The van der Waals surface area contributed by atoms with Gasteiger partial charge < -0.3 is 5.32 Å². The van der Waals surface area contributed by atoms with E-state index in [9.17, 15) is 13.2 Å². The average Bonchev–Trinajstić information content (AvgIpc) is 2.64. The molecule has 0 aromatic heterocycles. The van der Waals surface area contributed by atoms with Gasteiger partial charge in [-0.1, -0.05) is 56.2 Å². The monoisotopic (exact) mass is 374 g/mol. The summed E-state index contributed by atoms with van der Waals surface area (Å²) in [5.41, 5.74) is 2.01. The molecule has 0 unspecified atom stereocenters. The number of carbonyl (C=O) groups is 1. The van der Waals surface area contributed by atoms with Gasteiger partial charge in [-0.25, -0.2) is 13.1 Å². The first-order chi connectivity index (χ1) is 12.4. The van der Waals surface area contributed by atoms with Crippen molar-refractivity contribution in [2.24, 2.45) is 0 Å². The van der Waals surface area contributed by atoms with Gasteiger partial charge in [0, 0.05) is 18.7 Å². The first kappa shape index (κ1) is 20.1. The third-order valence-electron chi connectivity index (χ3n) is 4.14. The molecule has 26 heavy (non-hydrogen) atoms. The zero-order valence-corrected chi connectivity index (χ0v) is 16.1. The summed E-state index contributed by atoms with van der Waals surface area (Å²) in [4.78, 5) is 12.5. The number of aryl methyl sites for hydroxylation is 1. The summed E-state index contributed by atoms with van der Waals surface area (Å²) < 4.78 is 27.7. The standard InChI is InChI=1S/C20H26N2O3S/c1-3-4-8-13-21-20(23)19-14-18(12-11-16(19)2)26(24,25)22-15-17-9-6-5-7-10-17/h5-7,9-12,14,22H,3-4,8,13,15H2,1-2H3,(H,21,23). The molecule has 0 heterocycles. The van der Waals surface area contributed by atoms with Gasteiger partial charge in [-0.3, -0.25) is 4.79 Å². The molecule has 0 aliphatic carbocycles. The van der Waals surface area contributed by atoms with Crippen LogP contribution in [0.25, 0.3) is 0 Å². The highest BCUT2D eigenvalue weighted by Crippen LogP contribution is 2.16. The van der Waals surface area contributed by atoms with Crippen molar-refractivity contribution in [3.8, 4) is 0 Å². The van der Waals surface area contributed by atoms with E-state index in [1.807, 2.05) is 30.3 Å². The Morgan fingerprint density at radius 3 is 2.46 bits per heavy atom. The molecule has 2 N–H and O–H groups in total. The number of amides is 1. The number of unbranched alkanes of at least 4 members (excludes halogenated alkanes) is 2. The lowest BCUT2D eigenvalue weighted by Crippen LogP contribution is -2.27. The predicted octanol–water partition coefficient (Wildman–Crippen LogP) is 3.39. The number of nitrogens with one attached hydrogen (secondary N) is 2.